The molecule has 0 aliphatic rings. The van der Waals surface area contributed by atoms with Gasteiger partial charge in [0.25, 0.3) is 0 Å². The van der Waals surface area contributed by atoms with Crippen molar-refractivity contribution in [1.29, 1.82) is 0 Å². The molecule has 4 heteroatoms. The van der Waals surface area contributed by atoms with Gasteiger partial charge in [-0.3, -0.25) is 0 Å². The van der Waals surface area contributed by atoms with Crippen molar-refractivity contribution in [3.63, 3.8) is 0 Å². The average molecular weight is 202 g/mol. The third-order valence-electron chi connectivity index (χ3n) is 2.21. The maximum absolute atomic E-state index is 10.8. The Bertz CT molecular complexity index is 550. The molecular formula is C11H10N2O2. The number of rotatable bonds is 1. The molecule has 0 aliphatic carbocycles. The molecule has 3 N–H and O–H groups in total. The highest BCUT2D eigenvalue weighted by Gasteiger charge is 2.10. The van der Waals surface area contributed by atoms with Gasteiger partial charge in [0.2, 0.25) is 0 Å². The summed E-state index contributed by atoms with van der Waals surface area (Å²) in [6, 6.07) is 7.27. The number of carboxylic acids is 1. The number of benzene rings is 1. The van der Waals surface area contributed by atoms with Gasteiger partial charge in [0, 0.05) is 5.39 Å². The molecule has 0 saturated carbocycles. The molecule has 0 unspecified atom stereocenters. The summed E-state index contributed by atoms with van der Waals surface area (Å²) in [6.07, 6.45) is 0. The zero-order valence-electron chi connectivity index (χ0n) is 8.19. The molecule has 0 radical (unpaired) electrons. The zero-order chi connectivity index (χ0) is 11.0. The molecule has 4 nitrogen and oxygen atoms in total. The number of aromatic nitrogens is 1. The monoisotopic (exact) mass is 202 g/mol. The summed E-state index contributed by atoms with van der Waals surface area (Å²) in [5, 5.41) is 9.70. The Morgan fingerprint density at radius 1 is 1.40 bits per heavy atom. The number of nitrogens with two attached hydrogens (primary N) is 1. The van der Waals surface area contributed by atoms with Crippen LogP contribution in [0.3, 0.4) is 0 Å². The van der Waals surface area contributed by atoms with Crippen LogP contribution < -0.4 is 5.73 Å². The summed E-state index contributed by atoms with van der Waals surface area (Å²) in [5.41, 5.74) is 7.38. The van der Waals surface area contributed by atoms with Crippen molar-refractivity contribution in [3.05, 3.63) is 35.5 Å². The highest BCUT2D eigenvalue weighted by Crippen LogP contribution is 2.19. The van der Waals surface area contributed by atoms with Crippen LogP contribution >= 0.6 is 0 Å². The second-order valence-corrected chi connectivity index (χ2v) is 3.43. The Balaban J connectivity index is 2.77. The number of aromatic carboxylic acids is 1. The number of carboxylic acid groups (broad SMARTS) is 1. The van der Waals surface area contributed by atoms with Crippen molar-refractivity contribution in [3.8, 4) is 0 Å². The second-order valence-electron chi connectivity index (χ2n) is 3.43. The normalized spacial score (nSPS) is 10.5. The number of nitrogens with zero attached hydrogens (tertiary/aromatic N) is 1. The van der Waals surface area contributed by atoms with E-state index in [1.165, 1.54) is 0 Å². The van der Waals surface area contributed by atoms with E-state index in [0.29, 0.717) is 5.52 Å². The van der Waals surface area contributed by atoms with Crippen LogP contribution in [0.1, 0.15) is 16.1 Å². The number of hydrogen-bond acceptors (Lipinski definition) is 3. The van der Waals surface area contributed by atoms with Gasteiger partial charge < -0.3 is 10.8 Å². The van der Waals surface area contributed by atoms with Gasteiger partial charge in [0.1, 0.15) is 0 Å². The Hall–Kier alpha value is -2.10. The SMILES string of the molecule is Cc1ccc2cc(N)c(C(=O)O)nc2c1. The lowest BCUT2D eigenvalue weighted by Gasteiger charge is -2.03. The molecule has 1 aromatic carbocycles. The van der Waals surface area contributed by atoms with E-state index >= 15 is 0 Å². The highest BCUT2D eigenvalue weighted by atomic mass is 16.4. The van der Waals surface area contributed by atoms with Crippen LogP contribution in [0.5, 0.6) is 0 Å². The highest BCUT2D eigenvalue weighted by molar-refractivity contribution is 5.96. The summed E-state index contributed by atoms with van der Waals surface area (Å²) in [6.45, 7) is 1.93. The quantitative estimate of drug-likeness (QED) is 0.739. The molecule has 0 bridgehead atoms. The van der Waals surface area contributed by atoms with Gasteiger partial charge >= 0.3 is 5.97 Å². The van der Waals surface area contributed by atoms with E-state index in [0.717, 1.165) is 10.9 Å². The van der Waals surface area contributed by atoms with E-state index in [1.807, 2.05) is 25.1 Å². The summed E-state index contributed by atoms with van der Waals surface area (Å²) in [7, 11) is 0. The number of carbonyl (C=O) groups is 1. The van der Waals surface area contributed by atoms with Crippen molar-refractivity contribution in [1.82, 2.24) is 4.98 Å². The first-order valence-corrected chi connectivity index (χ1v) is 4.48. The molecule has 0 saturated heterocycles. The van der Waals surface area contributed by atoms with E-state index in [9.17, 15) is 4.79 Å². The molecule has 2 rings (SSSR count). The topological polar surface area (TPSA) is 76.2 Å². The van der Waals surface area contributed by atoms with Crippen molar-refractivity contribution in [2.75, 3.05) is 5.73 Å². The lowest BCUT2D eigenvalue weighted by atomic mass is 10.1. The number of anilines is 1. The van der Waals surface area contributed by atoms with Gasteiger partial charge in [-0.2, -0.15) is 0 Å². The number of fused-ring (bicyclic) bond motifs is 1. The largest absolute Gasteiger partial charge is 0.476 e. The molecule has 0 atom stereocenters. The van der Waals surface area contributed by atoms with Gasteiger partial charge in [0.15, 0.2) is 5.69 Å². The minimum atomic E-state index is -1.10. The van der Waals surface area contributed by atoms with Crippen molar-refractivity contribution >= 4 is 22.6 Å². The fraction of sp³-hybridized carbons (Fsp3) is 0.0909. The maximum atomic E-state index is 10.8. The third-order valence-corrected chi connectivity index (χ3v) is 2.21. The van der Waals surface area contributed by atoms with Gasteiger partial charge in [-0.1, -0.05) is 12.1 Å². The fourth-order valence-corrected chi connectivity index (χ4v) is 1.46. The minimum absolute atomic E-state index is 0.0897. The van der Waals surface area contributed by atoms with Crippen LogP contribution in [0, 0.1) is 6.92 Å². The number of pyridine rings is 1. The Kier molecular flexibility index (Phi) is 2.04. The summed E-state index contributed by atoms with van der Waals surface area (Å²) in [5.74, 6) is -1.10. The molecule has 76 valence electrons. The van der Waals surface area contributed by atoms with Gasteiger partial charge in [-0.25, -0.2) is 9.78 Å². The van der Waals surface area contributed by atoms with Gasteiger partial charge in [-0.05, 0) is 24.6 Å². The molecule has 0 fully saturated rings. The molecule has 1 aromatic heterocycles. The smallest absolute Gasteiger partial charge is 0.356 e. The lowest BCUT2D eigenvalue weighted by molar-refractivity contribution is 0.0692. The van der Waals surface area contributed by atoms with Crippen LogP contribution in [0.4, 0.5) is 5.69 Å². The standard InChI is InChI=1S/C11H10N2O2/c1-6-2-3-7-5-8(12)10(11(14)15)13-9(7)4-6/h2-5H,12H2,1H3,(H,14,15). The van der Waals surface area contributed by atoms with Crippen molar-refractivity contribution in [2.24, 2.45) is 0 Å². The predicted molar refractivity (Wildman–Crippen MR) is 57.9 cm³/mol. The molecule has 0 spiro atoms. The van der Waals surface area contributed by atoms with Crippen LogP contribution in [0.15, 0.2) is 24.3 Å². The third kappa shape index (κ3) is 1.61. The van der Waals surface area contributed by atoms with Crippen LogP contribution in [0.25, 0.3) is 10.9 Å². The van der Waals surface area contributed by atoms with E-state index in [-0.39, 0.29) is 11.4 Å². The minimum Gasteiger partial charge on any atom is -0.476 e. The molecule has 2 aromatic rings. The zero-order valence-corrected chi connectivity index (χ0v) is 8.19. The van der Waals surface area contributed by atoms with Crippen LogP contribution in [0.2, 0.25) is 0 Å². The first kappa shape index (κ1) is 9.45. The molecule has 0 aliphatic heterocycles. The predicted octanol–water partition coefficient (Wildman–Crippen LogP) is 1.82. The molecule has 15 heavy (non-hydrogen) atoms. The Labute approximate surface area is 86.4 Å². The van der Waals surface area contributed by atoms with Gasteiger partial charge in [-0.15, -0.1) is 0 Å². The van der Waals surface area contributed by atoms with Gasteiger partial charge in [0.05, 0.1) is 11.2 Å². The summed E-state index contributed by atoms with van der Waals surface area (Å²) < 4.78 is 0. The van der Waals surface area contributed by atoms with Crippen molar-refractivity contribution < 1.29 is 9.90 Å². The maximum Gasteiger partial charge on any atom is 0.356 e. The van der Waals surface area contributed by atoms with Crippen LogP contribution in [-0.4, -0.2) is 16.1 Å². The second kappa shape index (κ2) is 3.24. The summed E-state index contributed by atoms with van der Waals surface area (Å²) >= 11 is 0. The Morgan fingerprint density at radius 3 is 2.80 bits per heavy atom. The van der Waals surface area contributed by atoms with E-state index in [2.05, 4.69) is 4.98 Å². The van der Waals surface area contributed by atoms with Crippen LogP contribution in [-0.2, 0) is 0 Å². The number of hydrogen-bond donors (Lipinski definition) is 2. The Morgan fingerprint density at radius 2 is 2.13 bits per heavy atom. The van der Waals surface area contributed by atoms with E-state index in [4.69, 9.17) is 10.8 Å². The summed E-state index contributed by atoms with van der Waals surface area (Å²) in [4.78, 5) is 14.8. The first-order chi connectivity index (χ1) is 7.08. The molecule has 0 amide bonds. The van der Waals surface area contributed by atoms with E-state index in [1.54, 1.807) is 6.07 Å². The first-order valence-electron chi connectivity index (χ1n) is 4.48. The number of aryl methyl sites for hydroxylation is 1. The molecular weight excluding hydrogens is 192 g/mol. The number of nitrogen functional groups attached to an aromatic ring is 1. The fourth-order valence-electron chi connectivity index (χ4n) is 1.46. The van der Waals surface area contributed by atoms with E-state index < -0.39 is 5.97 Å². The molecule has 1 heterocycles. The lowest BCUT2D eigenvalue weighted by Crippen LogP contribution is -2.05. The van der Waals surface area contributed by atoms with Crippen molar-refractivity contribution in [2.45, 2.75) is 6.92 Å². The average Bonchev–Trinajstić information content (AvgIpc) is 2.17.